The number of rotatable bonds is 5. The van der Waals surface area contributed by atoms with Gasteiger partial charge in [-0.25, -0.2) is 13.8 Å². The van der Waals surface area contributed by atoms with E-state index in [-0.39, 0.29) is 5.82 Å². The average Bonchev–Trinajstić information content (AvgIpc) is 3.00. The summed E-state index contributed by atoms with van der Waals surface area (Å²) in [5.41, 5.74) is 0.897. The van der Waals surface area contributed by atoms with E-state index in [1.54, 1.807) is 30.6 Å². The van der Waals surface area contributed by atoms with Gasteiger partial charge < -0.3 is 9.88 Å². The van der Waals surface area contributed by atoms with Gasteiger partial charge in [-0.2, -0.15) is 0 Å². The van der Waals surface area contributed by atoms with Gasteiger partial charge in [-0.3, -0.25) is 4.79 Å². The molecule has 0 fully saturated rings. The molecule has 1 aromatic heterocycles. The lowest BCUT2D eigenvalue weighted by atomic mass is 10.2. The van der Waals surface area contributed by atoms with Crippen LogP contribution in [-0.4, -0.2) is 15.5 Å². The Morgan fingerprint density at radius 3 is 2.73 bits per heavy atom. The van der Waals surface area contributed by atoms with Gasteiger partial charge in [-0.15, -0.1) is 0 Å². The summed E-state index contributed by atoms with van der Waals surface area (Å²) in [5, 5.41) is 3.36. The third kappa shape index (κ3) is 4.58. The molecule has 0 aliphatic heterocycles. The van der Waals surface area contributed by atoms with Crippen LogP contribution < -0.4 is 5.32 Å². The van der Waals surface area contributed by atoms with E-state index < -0.39 is 11.7 Å². The van der Waals surface area contributed by atoms with Crippen LogP contribution in [0.1, 0.15) is 5.56 Å². The molecule has 0 radical (unpaired) electrons. The summed E-state index contributed by atoms with van der Waals surface area (Å²) in [6.45, 7) is 0. The van der Waals surface area contributed by atoms with E-state index in [1.165, 1.54) is 48.2 Å². The summed E-state index contributed by atoms with van der Waals surface area (Å²) in [7, 11) is 1.85. The van der Waals surface area contributed by atoms with Crippen LogP contribution in [0.15, 0.2) is 71.0 Å². The fourth-order valence-electron chi connectivity index (χ4n) is 2.19. The fraction of sp³-hybridized carbons (Fsp3) is 0.0526. The van der Waals surface area contributed by atoms with E-state index in [0.717, 1.165) is 0 Å². The van der Waals surface area contributed by atoms with Crippen LogP contribution in [0.4, 0.5) is 14.5 Å². The SMILES string of the molecule is Cn1ccnc1Sc1ccc(F)cc1NC(=O)C=Cc1cccc(F)c1. The Hall–Kier alpha value is -2.93. The van der Waals surface area contributed by atoms with E-state index >= 15 is 0 Å². The maximum absolute atomic E-state index is 13.6. The van der Waals surface area contributed by atoms with Crippen molar-refractivity contribution in [3.8, 4) is 0 Å². The van der Waals surface area contributed by atoms with Crippen LogP contribution in [-0.2, 0) is 11.8 Å². The number of nitrogens with one attached hydrogen (secondary N) is 1. The Morgan fingerprint density at radius 2 is 2.00 bits per heavy atom. The number of hydrogen-bond donors (Lipinski definition) is 1. The van der Waals surface area contributed by atoms with Crippen molar-refractivity contribution < 1.29 is 13.6 Å². The summed E-state index contributed by atoms with van der Waals surface area (Å²) in [5.74, 6) is -1.29. The van der Waals surface area contributed by atoms with E-state index in [0.29, 0.717) is 21.3 Å². The number of aryl methyl sites for hydroxylation is 1. The number of nitrogens with zero attached hydrogens (tertiary/aromatic N) is 2. The molecule has 7 heteroatoms. The zero-order chi connectivity index (χ0) is 18.5. The van der Waals surface area contributed by atoms with Crippen LogP contribution in [0.3, 0.4) is 0 Å². The van der Waals surface area contributed by atoms with Gasteiger partial charge >= 0.3 is 0 Å². The molecule has 4 nitrogen and oxygen atoms in total. The summed E-state index contributed by atoms with van der Waals surface area (Å²) in [6, 6.07) is 10.0. The van der Waals surface area contributed by atoms with Gasteiger partial charge in [0.2, 0.25) is 5.91 Å². The number of aromatic nitrogens is 2. The first-order valence-electron chi connectivity index (χ1n) is 7.70. The molecule has 1 amide bonds. The molecule has 0 aliphatic carbocycles. The van der Waals surface area contributed by atoms with Crippen molar-refractivity contribution in [2.24, 2.45) is 7.05 Å². The quantitative estimate of drug-likeness (QED) is 0.672. The first-order chi connectivity index (χ1) is 12.5. The number of benzene rings is 2. The minimum Gasteiger partial charge on any atom is -0.329 e. The molecule has 0 bridgehead atoms. The lowest BCUT2D eigenvalue weighted by Gasteiger charge is -2.09. The molecule has 0 unspecified atom stereocenters. The number of halogens is 2. The highest BCUT2D eigenvalue weighted by Gasteiger charge is 2.10. The molecule has 1 heterocycles. The fourth-order valence-corrected chi connectivity index (χ4v) is 3.07. The van der Waals surface area contributed by atoms with Gasteiger partial charge in [0, 0.05) is 30.4 Å². The van der Waals surface area contributed by atoms with Crippen molar-refractivity contribution >= 4 is 29.4 Å². The Morgan fingerprint density at radius 1 is 1.19 bits per heavy atom. The Bertz CT molecular complexity index is 969. The molecule has 0 saturated heterocycles. The van der Waals surface area contributed by atoms with Crippen molar-refractivity contribution in [3.63, 3.8) is 0 Å². The molecule has 3 aromatic rings. The zero-order valence-electron chi connectivity index (χ0n) is 13.8. The van der Waals surface area contributed by atoms with Crippen molar-refractivity contribution in [2.45, 2.75) is 10.1 Å². The lowest BCUT2D eigenvalue weighted by molar-refractivity contribution is -0.111. The highest BCUT2D eigenvalue weighted by Crippen LogP contribution is 2.32. The van der Waals surface area contributed by atoms with Crippen molar-refractivity contribution in [1.82, 2.24) is 9.55 Å². The standard InChI is InChI=1S/C19H15F2N3OS/c1-24-10-9-22-19(24)26-17-7-6-15(21)12-16(17)23-18(25)8-5-13-3-2-4-14(20)11-13/h2-12H,1H3,(H,23,25). The maximum atomic E-state index is 13.6. The minimum absolute atomic E-state index is 0.340. The maximum Gasteiger partial charge on any atom is 0.248 e. The molecule has 132 valence electrons. The van der Waals surface area contributed by atoms with Gasteiger partial charge in [0.1, 0.15) is 11.6 Å². The molecule has 1 N–H and O–H groups in total. The molecular formula is C19H15F2N3OS. The van der Waals surface area contributed by atoms with Gasteiger partial charge in [0.15, 0.2) is 5.16 Å². The van der Waals surface area contributed by atoms with E-state index in [9.17, 15) is 13.6 Å². The number of imidazole rings is 1. The van der Waals surface area contributed by atoms with Crippen molar-refractivity contribution in [3.05, 3.63) is 78.1 Å². The topological polar surface area (TPSA) is 46.9 Å². The van der Waals surface area contributed by atoms with Crippen LogP contribution in [0.2, 0.25) is 0 Å². The smallest absolute Gasteiger partial charge is 0.248 e. The highest BCUT2D eigenvalue weighted by atomic mass is 32.2. The Balaban J connectivity index is 1.77. The van der Waals surface area contributed by atoms with Crippen molar-refractivity contribution in [2.75, 3.05) is 5.32 Å². The predicted octanol–water partition coefficient (Wildman–Crippen LogP) is 4.50. The third-order valence-electron chi connectivity index (χ3n) is 3.45. The van der Waals surface area contributed by atoms with E-state index in [1.807, 2.05) is 11.6 Å². The second-order valence-corrected chi connectivity index (χ2v) is 6.45. The number of amides is 1. The summed E-state index contributed by atoms with van der Waals surface area (Å²) >= 11 is 1.31. The second kappa shape index (κ2) is 7.97. The summed E-state index contributed by atoms with van der Waals surface area (Å²) < 4.78 is 28.6. The van der Waals surface area contributed by atoms with Crippen LogP contribution in [0.25, 0.3) is 6.08 Å². The van der Waals surface area contributed by atoms with Gasteiger partial charge in [0.05, 0.1) is 5.69 Å². The van der Waals surface area contributed by atoms with Gasteiger partial charge in [-0.1, -0.05) is 12.1 Å². The van der Waals surface area contributed by atoms with E-state index in [4.69, 9.17) is 0 Å². The number of hydrogen-bond acceptors (Lipinski definition) is 3. The molecule has 2 aromatic carbocycles. The normalized spacial score (nSPS) is 11.0. The summed E-state index contributed by atoms with van der Waals surface area (Å²) in [6.07, 6.45) is 6.22. The van der Waals surface area contributed by atoms with E-state index in [2.05, 4.69) is 10.3 Å². The molecule has 3 rings (SSSR count). The molecule has 0 saturated carbocycles. The number of carbonyl (C=O) groups excluding carboxylic acids is 1. The number of carbonyl (C=O) groups is 1. The van der Waals surface area contributed by atoms with Gasteiger partial charge in [-0.05, 0) is 53.7 Å². The second-order valence-electron chi connectivity index (χ2n) is 5.44. The van der Waals surface area contributed by atoms with Gasteiger partial charge in [0.25, 0.3) is 0 Å². The average molecular weight is 371 g/mol. The van der Waals surface area contributed by atoms with Crippen LogP contribution >= 0.6 is 11.8 Å². The number of anilines is 1. The molecule has 0 aliphatic rings. The first-order valence-corrected chi connectivity index (χ1v) is 8.52. The Kier molecular flexibility index (Phi) is 5.48. The predicted molar refractivity (Wildman–Crippen MR) is 97.8 cm³/mol. The zero-order valence-corrected chi connectivity index (χ0v) is 14.6. The van der Waals surface area contributed by atoms with Crippen molar-refractivity contribution in [1.29, 1.82) is 0 Å². The molecular weight excluding hydrogens is 356 g/mol. The Labute approximate surface area is 153 Å². The highest BCUT2D eigenvalue weighted by molar-refractivity contribution is 7.99. The minimum atomic E-state index is -0.460. The molecule has 0 spiro atoms. The van der Waals surface area contributed by atoms with Crippen LogP contribution in [0, 0.1) is 11.6 Å². The first kappa shape index (κ1) is 17.9. The monoisotopic (exact) mass is 371 g/mol. The third-order valence-corrected chi connectivity index (χ3v) is 4.61. The lowest BCUT2D eigenvalue weighted by Crippen LogP contribution is -2.09. The summed E-state index contributed by atoms with van der Waals surface area (Å²) in [4.78, 5) is 17.0. The largest absolute Gasteiger partial charge is 0.329 e. The molecule has 0 atom stereocenters. The van der Waals surface area contributed by atoms with Crippen LogP contribution in [0.5, 0.6) is 0 Å². The molecule has 26 heavy (non-hydrogen) atoms.